The van der Waals surface area contributed by atoms with Gasteiger partial charge in [0, 0.05) is 16.5 Å². The van der Waals surface area contributed by atoms with Crippen molar-refractivity contribution in [3.8, 4) is 5.75 Å². The van der Waals surface area contributed by atoms with E-state index in [-0.39, 0.29) is 0 Å². The molecule has 0 aromatic heterocycles. The molecule has 0 fully saturated rings. The molecule has 2 aromatic carbocycles. The normalized spacial score (nSPS) is 12.1. The van der Waals surface area contributed by atoms with Crippen molar-refractivity contribution in [3.05, 3.63) is 53.6 Å². The topological polar surface area (TPSA) is 52.3 Å². The molecule has 20 heavy (non-hydrogen) atoms. The number of rotatable bonds is 6. The van der Waals surface area contributed by atoms with E-state index in [0.717, 1.165) is 5.75 Å². The van der Waals surface area contributed by atoms with Gasteiger partial charge in [-0.05, 0) is 36.8 Å². The summed E-state index contributed by atoms with van der Waals surface area (Å²) in [5.41, 5.74) is 6.31. The Bertz CT molecular complexity index is 590. The standard InChI is InChI=1S/C15H16ClNO2S/c16-12-7-8-14(17)15(11-12)20(18)10-4-9-19-13-5-2-1-3-6-13/h1-3,5-8,11H,4,9-10,17H2. The molecule has 1 unspecified atom stereocenters. The molecular formula is C15H16ClNO2S. The minimum Gasteiger partial charge on any atom is -0.494 e. The van der Waals surface area contributed by atoms with E-state index in [9.17, 15) is 4.21 Å². The molecule has 0 aliphatic rings. The van der Waals surface area contributed by atoms with Crippen LogP contribution in [0.3, 0.4) is 0 Å². The van der Waals surface area contributed by atoms with Crippen molar-refractivity contribution >= 4 is 28.1 Å². The molecular weight excluding hydrogens is 294 g/mol. The summed E-state index contributed by atoms with van der Waals surface area (Å²) in [7, 11) is -1.15. The molecule has 0 saturated carbocycles. The maximum Gasteiger partial charge on any atom is 0.119 e. The Morgan fingerprint density at radius 2 is 1.90 bits per heavy atom. The Labute approximate surface area is 126 Å². The van der Waals surface area contributed by atoms with E-state index in [1.165, 1.54) is 0 Å². The van der Waals surface area contributed by atoms with Crippen LogP contribution in [0.5, 0.6) is 5.75 Å². The van der Waals surface area contributed by atoms with E-state index in [2.05, 4.69) is 0 Å². The second-order valence-corrected chi connectivity index (χ2v) is 6.22. The van der Waals surface area contributed by atoms with E-state index >= 15 is 0 Å². The first-order chi connectivity index (χ1) is 9.66. The minimum absolute atomic E-state index is 0.497. The van der Waals surface area contributed by atoms with Gasteiger partial charge in [-0.15, -0.1) is 0 Å². The Hall–Kier alpha value is -1.52. The van der Waals surface area contributed by atoms with Crippen LogP contribution in [0.1, 0.15) is 6.42 Å². The zero-order chi connectivity index (χ0) is 14.4. The van der Waals surface area contributed by atoms with Crippen LogP contribution in [0.4, 0.5) is 5.69 Å². The highest BCUT2D eigenvalue weighted by atomic mass is 35.5. The third-order valence-electron chi connectivity index (χ3n) is 2.71. The van der Waals surface area contributed by atoms with Gasteiger partial charge in [-0.25, -0.2) is 0 Å². The number of nitrogens with two attached hydrogens (primary N) is 1. The van der Waals surface area contributed by atoms with Crippen LogP contribution in [0.2, 0.25) is 5.02 Å². The van der Waals surface area contributed by atoms with Crippen LogP contribution < -0.4 is 10.5 Å². The summed E-state index contributed by atoms with van der Waals surface area (Å²) in [6.45, 7) is 0.524. The van der Waals surface area contributed by atoms with Crippen molar-refractivity contribution in [1.29, 1.82) is 0 Å². The number of hydrogen-bond donors (Lipinski definition) is 1. The van der Waals surface area contributed by atoms with Gasteiger partial charge in [-0.1, -0.05) is 29.8 Å². The number of anilines is 1. The van der Waals surface area contributed by atoms with Crippen LogP contribution in [0.15, 0.2) is 53.4 Å². The monoisotopic (exact) mass is 309 g/mol. The van der Waals surface area contributed by atoms with Crippen molar-refractivity contribution < 1.29 is 8.95 Å². The predicted octanol–water partition coefficient (Wildman–Crippen LogP) is 3.50. The van der Waals surface area contributed by atoms with E-state index in [4.69, 9.17) is 22.1 Å². The third kappa shape index (κ3) is 4.25. The summed E-state index contributed by atoms with van der Waals surface area (Å²) in [4.78, 5) is 0.595. The second kappa shape index (κ2) is 7.31. The van der Waals surface area contributed by atoms with Gasteiger partial charge in [0.05, 0.1) is 22.3 Å². The lowest BCUT2D eigenvalue weighted by Gasteiger charge is -2.08. The summed E-state index contributed by atoms with van der Waals surface area (Å²) in [6, 6.07) is 14.6. The van der Waals surface area contributed by atoms with Crippen molar-refractivity contribution in [2.24, 2.45) is 0 Å². The number of halogens is 1. The first-order valence-electron chi connectivity index (χ1n) is 6.28. The summed E-state index contributed by atoms with van der Waals surface area (Å²) >= 11 is 5.89. The van der Waals surface area contributed by atoms with E-state index in [0.29, 0.717) is 34.4 Å². The van der Waals surface area contributed by atoms with Crippen molar-refractivity contribution in [3.63, 3.8) is 0 Å². The number of nitrogen functional groups attached to an aromatic ring is 1. The average molecular weight is 310 g/mol. The molecule has 0 radical (unpaired) electrons. The molecule has 3 nitrogen and oxygen atoms in total. The molecule has 0 aliphatic heterocycles. The van der Waals surface area contributed by atoms with E-state index in [1.54, 1.807) is 18.2 Å². The lowest BCUT2D eigenvalue weighted by Crippen LogP contribution is -2.06. The van der Waals surface area contributed by atoms with E-state index in [1.807, 2.05) is 30.3 Å². The van der Waals surface area contributed by atoms with Crippen LogP contribution in [-0.2, 0) is 10.8 Å². The first kappa shape index (κ1) is 14.9. The molecule has 0 bridgehead atoms. The smallest absolute Gasteiger partial charge is 0.119 e. The molecule has 0 aliphatic carbocycles. The van der Waals surface area contributed by atoms with Gasteiger partial charge in [-0.3, -0.25) is 4.21 Å². The summed E-state index contributed by atoms with van der Waals surface area (Å²) in [5, 5.41) is 0.545. The fraction of sp³-hybridized carbons (Fsp3) is 0.200. The summed E-state index contributed by atoms with van der Waals surface area (Å²) in [6.07, 6.45) is 0.688. The van der Waals surface area contributed by atoms with Crippen LogP contribution >= 0.6 is 11.6 Å². The molecule has 5 heteroatoms. The Kier molecular flexibility index (Phi) is 5.44. The lowest BCUT2D eigenvalue weighted by atomic mass is 10.3. The average Bonchev–Trinajstić information content (AvgIpc) is 2.47. The van der Waals surface area contributed by atoms with Gasteiger partial charge in [-0.2, -0.15) is 0 Å². The molecule has 2 aromatic rings. The maximum atomic E-state index is 12.1. The van der Waals surface area contributed by atoms with Crippen LogP contribution in [0.25, 0.3) is 0 Å². The molecule has 0 saturated heterocycles. The highest BCUT2D eigenvalue weighted by molar-refractivity contribution is 7.85. The van der Waals surface area contributed by atoms with Gasteiger partial charge in [0.2, 0.25) is 0 Å². The fourth-order valence-electron chi connectivity index (χ4n) is 1.71. The highest BCUT2D eigenvalue weighted by Gasteiger charge is 2.08. The summed E-state index contributed by atoms with van der Waals surface area (Å²) in [5.74, 6) is 1.32. The molecule has 2 rings (SSSR count). The van der Waals surface area contributed by atoms with Crippen LogP contribution in [0, 0.1) is 0 Å². The first-order valence-corrected chi connectivity index (χ1v) is 7.98. The molecule has 1 atom stereocenters. The van der Waals surface area contributed by atoms with Gasteiger partial charge in [0.25, 0.3) is 0 Å². The quantitative estimate of drug-likeness (QED) is 0.656. The van der Waals surface area contributed by atoms with Crippen LogP contribution in [-0.4, -0.2) is 16.6 Å². The Morgan fingerprint density at radius 1 is 1.15 bits per heavy atom. The van der Waals surface area contributed by atoms with Gasteiger partial charge < -0.3 is 10.5 Å². The number of ether oxygens (including phenoxy) is 1. The fourth-order valence-corrected chi connectivity index (χ4v) is 3.14. The van der Waals surface area contributed by atoms with E-state index < -0.39 is 10.8 Å². The lowest BCUT2D eigenvalue weighted by molar-refractivity contribution is 0.318. The second-order valence-electron chi connectivity index (χ2n) is 4.25. The SMILES string of the molecule is Nc1ccc(Cl)cc1S(=O)CCCOc1ccccc1. The zero-order valence-electron chi connectivity index (χ0n) is 10.9. The van der Waals surface area contributed by atoms with Gasteiger partial charge >= 0.3 is 0 Å². The zero-order valence-corrected chi connectivity index (χ0v) is 12.5. The van der Waals surface area contributed by atoms with Gasteiger partial charge in [0.15, 0.2) is 0 Å². The predicted molar refractivity (Wildman–Crippen MR) is 83.7 cm³/mol. The van der Waals surface area contributed by atoms with Crippen molar-refractivity contribution in [2.45, 2.75) is 11.3 Å². The number of hydrogen-bond acceptors (Lipinski definition) is 3. The highest BCUT2D eigenvalue weighted by Crippen LogP contribution is 2.21. The summed E-state index contributed by atoms with van der Waals surface area (Å²) < 4.78 is 17.7. The number of para-hydroxylation sites is 1. The minimum atomic E-state index is -1.15. The number of benzene rings is 2. The largest absolute Gasteiger partial charge is 0.494 e. The Balaban J connectivity index is 1.82. The Morgan fingerprint density at radius 3 is 2.65 bits per heavy atom. The van der Waals surface area contributed by atoms with Crippen molar-refractivity contribution in [1.82, 2.24) is 0 Å². The molecule has 0 heterocycles. The molecule has 2 N–H and O–H groups in total. The molecule has 0 spiro atoms. The molecule has 106 valence electrons. The van der Waals surface area contributed by atoms with Gasteiger partial charge in [0.1, 0.15) is 5.75 Å². The van der Waals surface area contributed by atoms with Crippen molar-refractivity contribution in [2.75, 3.05) is 18.1 Å². The maximum absolute atomic E-state index is 12.1. The third-order valence-corrected chi connectivity index (χ3v) is 4.45. The molecule has 0 amide bonds.